The summed E-state index contributed by atoms with van der Waals surface area (Å²) in [6.07, 6.45) is 0. The van der Waals surface area contributed by atoms with Crippen LogP contribution in [-0.2, 0) is 33.9 Å². The van der Waals surface area contributed by atoms with E-state index in [2.05, 4.69) is 0 Å². The number of nitrogen functional groups attached to an aromatic ring is 2. The Morgan fingerprint density at radius 2 is 1.62 bits per heavy atom. The summed E-state index contributed by atoms with van der Waals surface area (Å²) in [4.78, 5) is 4.92. The maximum atomic E-state index is 12.1. The second kappa shape index (κ2) is 10.2. The molecular weight excluding hydrogens is 444 g/mol. The van der Waals surface area contributed by atoms with Gasteiger partial charge in [0.2, 0.25) is 0 Å². The molecule has 0 saturated heterocycles. The first-order valence-electron chi connectivity index (χ1n) is 8.09. The summed E-state index contributed by atoms with van der Waals surface area (Å²) in [5.41, 5.74) is 11.4. The first-order chi connectivity index (χ1) is 13.6. The highest BCUT2D eigenvalue weighted by Gasteiger charge is 2.15. The van der Waals surface area contributed by atoms with Gasteiger partial charge in [0.1, 0.15) is 11.5 Å². The molecule has 2 aromatic rings. The predicted octanol–water partition coefficient (Wildman–Crippen LogP) is 1.54. The molecule has 0 amide bonds. The molecule has 0 unspecified atom stereocenters. The summed E-state index contributed by atoms with van der Waals surface area (Å²) in [6, 6.07) is 9.81. The van der Waals surface area contributed by atoms with Crippen LogP contribution in [0.15, 0.2) is 57.2 Å². The zero-order valence-corrected chi connectivity index (χ0v) is 17.5. The zero-order chi connectivity index (χ0) is 21.5. The molecule has 0 aliphatic carbocycles. The van der Waals surface area contributed by atoms with E-state index < -0.39 is 24.9 Å². The van der Waals surface area contributed by atoms with Crippen LogP contribution in [0.3, 0.4) is 0 Å². The van der Waals surface area contributed by atoms with Crippen LogP contribution >= 0.6 is 12.0 Å². The standard InChI is InChI=1S/C16H20N2O8S3/c17-12-1-4-14(5-2-12)28(19,20)10-9-24-7-8-25-26-27-13-3-6-15(18)16(11-13)29(21,22)23/h1-6,11H,7-10,17-18H2,(H,21,22,23). The molecule has 2 rings (SSSR count). The maximum Gasteiger partial charge on any atom is 0.296 e. The van der Waals surface area contributed by atoms with Crippen molar-refractivity contribution < 1.29 is 35.3 Å². The Bertz CT molecular complexity index is 1020. The van der Waals surface area contributed by atoms with Gasteiger partial charge in [0.05, 0.1) is 41.6 Å². The number of ether oxygens (including phenoxy) is 1. The molecule has 5 N–H and O–H groups in total. The Kier molecular flexibility index (Phi) is 8.27. The van der Waals surface area contributed by atoms with Crippen molar-refractivity contribution in [2.45, 2.75) is 14.7 Å². The van der Waals surface area contributed by atoms with Gasteiger partial charge in [0.25, 0.3) is 10.1 Å². The van der Waals surface area contributed by atoms with E-state index in [4.69, 9.17) is 30.0 Å². The minimum absolute atomic E-state index is 0.00897. The fourth-order valence-corrected chi connectivity index (χ4v) is 4.37. The van der Waals surface area contributed by atoms with Gasteiger partial charge >= 0.3 is 0 Å². The van der Waals surface area contributed by atoms with Crippen molar-refractivity contribution in [1.82, 2.24) is 0 Å². The molecule has 0 saturated carbocycles. The zero-order valence-electron chi connectivity index (χ0n) is 15.1. The number of anilines is 2. The second-order valence-electron chi connectivity index (χ2n) is 5.65. The highest BCUT2D eigenvalue weighted by atomic mass is 32.2. The molecule has 0 spiro atoms. The van der Waals surface area contributed by atoms with Crippen LogP contribution in [0.2, 0.25) is 0 Å². The molecule has 0 aromatic heterocycles. The fourth-order valence-electron chi connectivity index (χ4n) is 2.04. The average molecular weight is 465 g/mol. The van der Waals surface area contributed by atoms with E-state index in [0.717, 1.165) is 6.07 Å². The number of hydrogen-bond donors (Lipinski definition) is 3. The van der Waals surface area contributed by atoms with E-state index in [9.17, 15) is 16.8 Å². The third kappa shape index (κ3) is 7.47. The third-order valence-electron chi connectivity index (χ3n) is 3.49. The summed E-state index contributed by atoms with van der Waals surface area (Å²) >= 11 is 0.711. The van der Waals surface area contributed by atoms with Crippen molar-refractivity contribution in [3.63, 3.8) is 0 Å². The number of rotatable bonds is 11. The van der Waals surface area contributed by atoms with Gasteiger partial charge in [-0.3, -0.25) is 4.55 Å². The lowest BCUT2D eigenvalue weighted by Crippen LogP contribution is -2.14. The van der Waals surface area contributed by atoms with Crippen molar-refractivity contribution in [1.29, 1.82) is 0 Å². The topological polar surface area (TPSA) is 168 Å². The molecule has 0 fully saturated rings. The molecule has 160 valence electrons. The van der Waals surface area contributed by atoms with Gasteiger partial charge in [-0.2, -0.15) is 12.8 Å². The molecule has 0 aliphatic heterocycles. The van der Waals surface area contributed by atoms with Crippen LogP contribution in [-0.4, -0.2) is 47.0 Å². The molecule has 10 nitrogen and oxygen atoms in total. The minimum atomic E-state index is -4.45. The summed E-state index contributed by atoms with van der Waals surface area (Å²) in [6.45, 7) is 0.0593. The number of sulfone groups is 1. The SMILES string of the molecule is Nc1ccc(S(=O)(=O)CCOCCOOSc2ccc(N)c(S(=O)(=O)O)c2)cc1. The van der Waals surface area contributed by atoms with E-state index in [1.807, 2.05) is 0 Å². The molecule has 29 heavy (non-hydrogen) atoms. The van der Waals surface area contributed by atoms with E-state index >= 15 is 0 Å². The fraction of sp³-hybridized carbons (Fsp3) is 0.250. The quantitative estimate of drug-likeness (QED) is 0.110. The van der Waals surface area contributed by atoms with Crippen LogP contribution in [0, 0.1) is 0 Å². The first-order valence-corrected chi connectivity index (χ1v) is 11.9. The normalized spacial score (nSPS) is 12.2. The highest BCUT2D eigenvalue weighted by Crippen LogP contribution is 2.26. The largest absolute Gasteiger partial charge is 0.399 e. The van der Waals surface area contributed by atoms with E-state index in [0.29, 0.717) is 22.6 Å². The lowest BCUT2D eigenvalue weighted by Gasteiger charge is -2.07. The van der Waals surface area contributed by atoms with E-state index in [-0.39, 0.29) is 36.2 Å². The van der Waals surface area contributed by atoms with Crippen LogP contribution in [0.25, 0.3) is 0 Å². The lowest BCUT2D eigenvalue weighted by molar-refractivity contribution is -0.199. The van der Waals surface area contributed by atoms with Gasteiger partial charge in [-0.15, -0.1) is 0 Å². The molecule has 0 bridgehead atoms. The van der Waals surface area contributed by atoms with Crippen molar-refractivity contribution >= 4 is 43.4 Å². The third-order valence-corrected chi connectivity index (χ3v) is 6.70. The molecular formula is C16H20N2O8S3. The van der Waals surface area contributed by atoms with Crippen LogP contribution in [0.1, 0.15) is 0 Å². The van der Waals surface area contributed by atoms with Gasteiger partial charge in [0.15, 0.2) is 9.84 Å². The average Bonchev–Trinajstić information content (AvgIpc) is 2.64. The van der Waals surface area contributed by atoms with Crippen LogP contribution in [0.4, 0.5) is 11.4 Å². The maximum absolute atomic E-state index is 12.1. The monoisotopic (exact) mass is 464 g/mol. The van der Waals surface area contributed by atoms with Crippen LogP contribution < -0.4 is 11.5 Å². The Hall–Kier alpha value is -1.87. The van der Waals surface area contributed by atoms with E-state index in [1.54, 1.807) is 0 Å². The van der Waals surface area contributed by atoms with Crippen LogP contribution in [0.5, 0.6) is 0 Å². The molecule has 0 atom stereocenters. The first kappa shape index (κ1) is 23.4. The number of nitrogens with two attached hydrogens (primary N) is 2. The van der Waals surface area contributed by atoms with Crippen molar-refractivity contribution in [3.05, 3.63) is 42.5 Å². The summed E-state index contributed by atoms with van der Waals surface area (Å²) in [7, 11) is -7.91. The van der Waals surface area contributed by atoms with Gasteiger partial charge < -0.3 is 16.2 Å². The summed E-state index contributed by atoms with van der Waals surface area (Å²) in [5, 5.41) is 0. The minimum Gasteiger partial charge on any atom is -0.399 e. The van der Waals surface area contributed by atoms with E-state index in [1.165, 1.54) is 36.4 Å². The molecule has 13 heteroatoms. The Balaban J connectivity index is 1.66. The lowest BCUT2D eigenvalue weighted by atomic mass is 10.3. The van der Waals surface area contributed by atoms with Crippen molar-refractivity contribution in [3.8, 4) is 0 Å². The van der Waals surface area contributed by atoms with Crippen molar-refractivity contribution in [2.75, 3.05) is 37.0 Å². The summed E-state index contributed by atoms with van der Waals surface area (Å²) < 4.78 is 65.7. The van der Waals surface area contributed by atoms with Gasteiger partial charge in [-0.05, 0) is 42.5 Å². The smallest absolute Gasteiger partial charge is 0.296 e. The number of hydrogen-bond acceptors (Lipinski definition) is 10. The molecule has 0 heterocycles. The highest BCUT2D eigenvalue weighted by molar-refractivity contribution is 7.94. The van der Waals surface area contributed by atoms with Gasteiger partial charge in [-0.1, -0.05) is 0 Å². The summed E-state index contributed by atoms with van der Waals surface area (Å²) in [5.74, 6) is -0.198. The Morgan fingerprint density at radius 3 is 2.28 bits per heavy atom. The second-order valence-corrected chi connectivity index (χ2v) is 9.92. The van der Waals surface area contributed by atoms with Gasteiger partial charge in [0, 0.05) is 10.6 Å². The predicted molar refractivity (Wildman–Crippen MR) is 107 cm³/mol. The van der Waals surface area contributed by atoms with Crippen molar-refractivity contribution in [2.24, 2.45) is 0 Å². The molecule has 0 aliphatic rings. The Labute approximate surface area is 172 Å². The number of benzene rings is 2. The molecule has 2 aromatic carbocycles. The van der Waals surface area contributed by atoms with Gasteiger partial charge in [-0.25, -0.2) is 13.3 Å². The Morgan fingerprint density at radius 1 is 0.931 bits per heavy atom. The molecule has 0 radical (unpaired) electrons.